The molecule has 2 aliphatic rings. The average Bonchev–Trinajstić information content (AvgIpc) is 3.20. The van der Waals surface area contributed by atoms with E-state index >= 15 is 0 Å². The standard InChI is InChI=1S/C20H28O7S/c1-6-19(4)17(14-7-9-16(10-8-14)28-27-22-5)18(24-13(2)3)20(26-19)23-12-15(11-21)25-20/h7-10,13,15,21H,6,11-12H2,1-5H3/t15?,19-,20?/m0/s1. The van der Waals surface area contributed by atoms with E-state index in [1.165, 1.54) is 7.11 Å². The monoisotopic (exact) mass is 412 g/mol. The molecule has 156 valence electrons. The summed E-state index contributed by atoms with van der Waals surface area (Å²) in [5.74, 6) is -0.930. The normalized spacial score (nSPS) is 30.0. The van der Waals surface area contributed by atoms with Gasteiger partial charge in [-0.1, -0.05) is 19.1 Å². The van der Waals surface area contributed by atoms with Gasteiger partial charge in [-0.2, -0.15) is 4.33 Å². The van der Waals surface area contributed by atoms with E-state index in [0.29, 0.717) is 12.2 Å². The van der Waals surface area contributed by atoms with Crippen molar-refractivity contribution in [2.24, 2.45) is 0 Å². The summed E-state index contributed by atoms with van der Waals surface area (Å²) < 4.78 is 29.3. The maximum atomic E-state index is 9.51. The molecule has 1 saturated heterocycles. The maximum absolute atomic E-state index is 9.51. The van der Waals surface area contributed by atoms with E-state index in [1.807, 2.05) is 52.0 Å². The Balaban J connectivity index is 2.05. The molecule has 3 atom stereocenters. The minimum atomic E-state index is -1.44. The second-order valence-corrected chi connectivity index (χ2v) is 7.96. The molecule has 0 amide bonds. The molecule has 1 spiro atoms. The van der Waals surface area contributed by atoms with Crippen LogP contribution in [0, 0.1) is 0 Å². The third-order valence-electron chi connectivity index (χ3n) is 4.75. The molecule has 1 aromatic carbocycles. The highest BCUT2D eigenvalue weighted by atomic mass is 32.2. The lowest BCUT2D eigenvalue weighted by atomic mass is 9.88. The second-order valence-electron chi connectivity index (χ2n) is 7.19. The Labute approximate surface area is 170 Å². The van der Waals surface area contributed by atoms with Crippen molar-refractivity contribution in [2.75, 3.05) is 20.3 Å². The van der Waals surface area contributed by atoms with Crippen molar-refractivity contribution < 1.29 is 33.3 Å². The van der Waals surface area contributed by atoms with Crippen LogP contribution in [-0.4, -0.2) is 49.2 Å². The van der Waals surface area contributed by atoms with Crippen LogP contribution in [0.25, 0.3) is 5.57 Å². The van der Waals surface area contributed by atoms with Crippen molar-refractivity contribution in [2.45, 2.75) is 62.8 Å². The zero-order valence-electron chi connectivity index (χ0n) is 16.9. The predicted octanol–water partition coefficient (Wildman–Crippen LogP) is 3.67. The van der Waals surface area contributed by atoms with E-state index in [4.69, 9.17) is 23.3 Å². The van der Waals surface area contributed by atoms with Crippen LogP contribution in [0.3, 0.4) is 0 Å². The fraction of sp³-hybridized carbons (Fsp3) is 0.600. The van der Waals surface area contributed by atoms with Crippen LogP contribution >= 0.6 is 12.0 Å². The van der Waals surface area contributed by atoms with Gasteiger partial charge in [-0.05, 0) is 44.9 Å². The molecule has 0 aromatic heterocycles. The molecule has 3 rings (SSSR count). The molecular formula is C20H28O7S. The fourth-order valence-electron chi connectivity index (χ4n) is 3.34. The quantitative estimate of drug-likeness (QED) is 0.394. The van der Waals surface area contributed by atoms with E-state index < -0.39 is 17.7 Å². The zero-order valence-corrected chi connectivity index (χ0v) is 17.7. The van der Waals surface area contributed by atoms with Crippen LogP contribution in [0.1, 0.15) is 39.7 Å². The highest BCUT2D eigenvalue weighted by molar-refractivity contribution is 7.94. The maximum Gasteiger partial charge on any atom is 0.347 e. The lowest BCUT2D eigenvalue weighted by molar-refractivity contribution is -0.342. The van der Waals surface area contributed by atoms with E-state index in [-0.39, 0.29) is 19.3 Å². The Morgan fingerprint density at radius 2 is 2.00 bits per heavy atom. The van der Waals surface area contributed by atoms with Gasteiger partial charge in [-0.15, -0.1) is 0 Å². The minimum absolute atomic E-state index is 0.102. The summed E-state index contributed by atoms with van der Waals surface area (Å²) in [7, 11) is 1.46. The Hall–Kier alpha value is -1.13. The molecule has 1 N–H and O–H groups in total. The predicted molar refractivity (Wildman–Crippen MR) is 104 cm³/mol. The molecule has 0 radical (unpaired) electrons. The molecule has 0 saturated carbocycles. The molecule has 0 bridgehead atoms. The average molecular weight is 413 g/mol. The first-order chi connectivity index (χ1) is 13.4. The minimum Gasteiger partial charge on any atom is -0.487 e. The van der Waals surface area contributed by atoms with Gasteiger partial charge in [-0.25, -0.2) is 4.89 Å². The molecule has 0 aliphatic carbocycles. The Bertz CT molecular complexity index is 705. The van der Waals surface area contributed by atoms with Gasteiger partial charge in [0.05, 0.1) is 38.5 Å². The van der Waals surface area contributed by atoms with Crippen molar-refractivity contribution in [1.82, 2.24) is 0 Å². The molecule has 1 fully saturated rings. The molecule has 7 nitrogen and oxygen atoms in total. The first-order valence-corrected chi connectivity index (χ1v) is 10.1. The van der Waals surface area contributed by atoms with Gasteiger partial charge in [0.15, 0.2) is 5.76 Å². The lowest BCUT2D eigenvalue weighted by Gasteiger charge is -2.30. The van der Waals surface area contributed by atoms with Crippen molar-refractivity contribution in [3.63, 3.8) is 0 Å². The van der Waals surface area contributed by atoms with Gasteiger partial charge < -0.3 is 24.1 Å². The van der Waals surface area contributed by atoms with Crippen molar-refractivity contribution in [3.8, 4) is 0 Å². The molecule has 2 heterocycles. The fourth-order valence-corrected chi connectivity index (χ4v) is 3.74. The number of benzene rings is 1. The van der Waals surface area contributed by atoms with Crippen LogP contribution in [-0.2, 0) is 28.2 Å². The Kier molecular flexibility index (Phi) is 6.71. The summed E-state index contributed by atoms with van der Waals surface area (Å²) in [6.45, 7) is 8.01. The summed E-state index contributed by atoms with van der Waals surface area (Å²) in [5, 5.41) is 9.51. The van der Waals surface area contributed by atoms with E-state index in [9.17, 15) is 5.11 Å². The first-order valence-electron chi connectivity index (χ1n) is 9.40. The third kappa shape index (κ3) is 4.09. The number of ether oxygens (including phenoxy) is 4. The molecule has 8 heteroatoms. The Morgan fingerprint density at radius 3 is 2.54 bits per heavy atom. The number of aliphatic hydroxyl groups is 1. The molecule has 28 heavy (non-hydrogen) atoms. The number of hydrogen-bond acceptors (Lipinski definition) is 8. The summed E-state index contributed by atoms with van der Waals surface area (Å²) in [4.78, 5) is 5.53. The highest BCUT2D eigenvalue weighted by Gasteiger charge is 2.60. The summed E-state index contributed by atoms with van der Waals surface area (Å²) in [6.07, 6.45) is 0.126. The topological polar surface area (TPSA) is 75.6 Å². The van der Waals surface area contributed by atoms with Crippen LogP contribution in [0.4, 0.5) is 0 Å². The summed E-state index contributed by atoms with van der Waals surface area (Å²) >= 11 is 1.13. The van der Waals surface area contributed by atoms with Gasteiger partial charge in [0.25, 0.3) is 0 Å². The van der Waals surface area contributed by atoms with Gasteiger partial charge in [-0.3, -0.25) is 0 Å². The van der Waals surface area contributed by atoms with Crippen molar-refractivity contribution >= 4 is 17.6 Å². The third-order valence-corrected chi connectivity index (χ3v) is 5.42. The second kappa shape index (κ2) is 8.71. The van der Waals surface area contributed by atoms with Crippen LogP contribution in [0.15, 0.2) is 34.9 Å². The highest BCUT2D eigenvalue weighted by Crippen LogP contribution is 2.53. The van der Waals surface area contributed by atoms with Crippen LogP contribution in [0.2, 0.25) is 0 Å². The molecule has 1 aromatic rings. The van der Waals surface area contributed by atoms with E-state index in [1.54, 1.807) is 0 Å². The molecule has 2 aliphatic heterocycles. The number of aliphatic hydroxyl groups excluding tert-OH is 1. The van der Waals surface area contributed by atoms with Crippen LogP contribution in [0.5, 0.6) is 0 Å². The summed E-state index contributed by atoms with van der Waals surface area (Å²) in [5.41, 5.74) is 1.15. The lowest BCUT2D eigenvalue weighted by Crippen LogP contribution is -2.39. The Morgan fingerprint density at radius 1 is 1.29 bits per heavy atom. The zero-order chi connectivity index (χ0) is 20.4. The molecule has 2 unspecified atom stereocenters. The van der Waals surface area contributed by atoms with Crippen molar-refractivity contribution in [3.05, 3.63) is 35.6 Å². The smallest absolute Gasteiger partial charge is 0.347 e. The number of hydrogen-bond donors (Lipinski definition) is 1. The first kappa shape index (κ1) is 21.6. The SMILES string of the molecule is CC[C@]1(C)OC2(OCC(CO)O2)C(OC(C)C)=C1c1ccc(SOOC)cc1. The van der Waals surface area contributed by atoms with Gasteiger partial charge in [0.2, 0.25) is 0 Å². The van der Waals surface area contributed by atoms with E-state index in [2.05, 4.69) is 4.89 Å². The number of rotatable bonds is 8. The molecular weight excluding hydrogens is 384 g/mol. The van der Waals surface area contributed by atoms with E-state index in [0.717, 1.165) is 28.1 Å². The summed E-state index contributed by atoms with van der Waals surface area (Å²) in [6, 6.07) is 7.84. The van der Waals surface area contributed by atoms with Gasteiger partial charge >= 0.3 is 5.97 Å². The van der Waals surface area contributed by atoms with Crippen LogP contribution < -0.4 is 0 Å². The van der Waals surface area contributed by atoms with Gasteiger partial charge in [0, 0.05) is 10.5 Å². The largest absolute Gasteiger partial charge is 0.487 e. The van der Waals surface area contributed by atoms with Gasteiger partial charge in [0.1, 0.15) is 11.7 Å². The van der Waals surface area contributed by atoms with Crippen molar-refractivity contribution in [1.29, 1.82) is 0 Å².